The molecule has 1 aliphatic rings. The average molecular weight is 259 g/mol. The number of hydrogen-bond acceptors (Lipinski definition) is 5. The van der Waals surface area contributed by atoms with Gasteiger partial charge in [-0.05, 0) is 40.0 Å². The van der Waals surface area contributed by atoms with Gasteiger partial charge in [0.25, 0.3) is 0 Å². The first-order chi connectivity index (χ1) is 8.05. The summed E-state index contributed by atoms with van der Waals surface area (Å²) in [4.78, 5) is 23.0. The van der Waals surface area contributed by atoms with Crippen molar-refractivity contribution < 1.29 is 24.5 Å². The predicted octanol–water partition coefficient (Wildman–Crippen LogP) is 0.271. The summed E-state index contributed by atoms with van der Waals surface area (Å²) < 4.78 is 5.17. The van der Waals surface area contributed by atoms with Crippen molar-refractivity contribution in [1.29, 1.82) is 0 Å². The van der Waals surface area contributed by atoms with Crippen LogP contribution >= 0.6 is 0 Å². The van der Waals surface area contributed by atoms with Crippen LogP contribution in [0.1, 0.15) is 40.0 Å². The highest BCUT2D eigenvalue weighted by atomic mass is 16.6. The van der Waals surface area contributed by atoms with Crippen LogP contribution in [-0.2, 0) is 14.3 Å². The Morgan fingerprint density at radius 2 is 1.94 bits per heavy atom. The second-order valence-electron chi connectivity index (χ2n) is 5.91. The summed E-state index contributed by atoms with van der Waals surface area (Å²) in [7, 11) is 0. The number of aliphatic hydroxyl groups is 1. The Morgan fingerprint density at radius 1 is 1.39 bits per heavy atom. The molecule has 1 rings (SSSR count). The number of ether oxygens (including phenoxy) is 1. The van der Waals surface area contributed by atoms with Crippen molar-refractivity contribution in [1.82, 2.24) is 0 Å². The van der Waals surface area contributed by atoms with E-state index >= 15 is 0 Å². The van der Waals surface area contributed by atoms with Crippen molar-refractivity contribution in [3.63, 3.8) is 0 Å². The van der Waals surface area contributed by atoms with Gasteiger partial charge in [-0.1, -0.05) is 0 Å². The highest BCUT2D eigenvalue weighted by Crippen LogP contribution is 2.33. The van der Waals surface area contributed by atoms with E-state index in [0.29, 0.717) is 0 Å². The minimum atomic E-state index is -1.46. The molecule has 3 atom stereocenters. The third kappa shape index (κ3) is 3.43. The molecule has 0 amide bonds. The second-order valence-corrected chi connectivity index (χ2v) is 5.91. The number of rotatable bonds is 2. The Labute approximate surface area is 106 Å². The Balaban J connectivity index is 2.80. The second kappa shape index (κ2) is 4.85. The van der Waals surface area contributed by atoms with E-state index in [9.17, 15) is 14.7 Å². The highest BCUT2D eigenvalue weighted by molar-refractivity contribution is 5.81. The molecule has 0 radical (unpaired) electrons. The van der Waals surface area contributed by atoms with Crippen molar-refractivity contribution in [2.75, 3.05) is 0 Å². The fourth-order valence-electron chi connectivity index (χ4n) is 2.05. The zero-order valence-corrected chi connectivity index (χ0v) is 11.0. The maximum Gasteiger partial charge on any atom is 0.323 e. The van der Waals surface area contributed by atoms with Gasteiger partial charge in [-0.25, -0.2) is 0 Å². The fourth-order valence-corrected chi connectivity index (χ4v) is 2.05. The topological polar surface area (TPSA) is 110 Å². The molecular weight excluding hydrogens is 238 g/mol. The predicted molar refractivity (Wildman–Crippen MR) is 63.7 cm³/mol. The van der Waals surface area contributed by atoms with Crippen molar-refractivity contribution >= 4 is 11.9 Å². The minimum Gasteiger partial charge on any atom is -0.480 e. The van der Waals surface area contributed by atoms with Crippen LogP contribution in [0.2, 0.25) is 0 Å². The van der Waals surface area contributed by atoms with E-state index in [-0.39, 0.29) is 19.3 Å². The van der Waals surface area contributed by atoms with Crippen molar-refractivity contribution in [3.8, 4) is 0 Å². The lowest BCUT2D eigenvalue weighted by Gasteiger charge is -2.37. The number of carbonyl (C=O) groups is 2. The summed E-state index contributed by atoms with van der Waals surface area (Å²) in [6.07, 6.45) is -0.649. The molecule has 0 heterocycles. The van der Waals surface area contributed by atoms with E-state index < -0.39 is 35.1 Å². The molecule has 0 aromatic heterocycles. The Hall–Kier alpha value is -1.14. The lowest BCUT2D eigenvalue weighted by molar-refractivity contribution is -0.168. The molecule has 0 spiro atoms. The molecule has 104 valence electrons. The molecule has 6 nitrogen and oxygen atoms in total. The molecule has 0 unspecified atom stereocenters. The lowest BCUT2D eigenvalue weighted by Crippen LogP contribution is -2.56. The van der Waals surface area contributed by atoms with Gasteiger partial charge < -0.3 is 20.7 Å². The van der Waals surface area contributed by atoms with Gasteiger partial charge in [-0.3, -0.25) is 9.59 Å². The summed E-state index contributed by atoms with van der Waals surface area (Å²) in [6, 6.07) is 0. The highest BCUT2D eigenvalue weighted by Gasteiger charge is 2.46. The molecule has 4 N–H and O–H groups in total. The van der Waals surface area contributed by atoms with Gasteiger partial charge in [0, 0.05) is 0 Å². The van der Waals surface area contributed by atoms with E-state index in [2.05, 4.69) is 0 Å². The average Bonchev–Trinajstić information content (AvgIpc) is 2.19. The van der Waals surface area contributed by atoms with Crippen LogP contribution in [0.4, 0.5) is 0 Å². The smallest absolute Gasteiger partial charge is 0.323 e. The Morgan fingerprint density at radius 3 is 2.39 bits per heavy atom. The Bertz CT molecular complexity index is 349. The van der Waals surface area contributed by atoms with Crippen LogP contribution in [0.25, 0.3) is 0 Å². The molecule has 0 bridgehead atoms. The first-order valence-corrected chi connectivity index (χ1v) is 5.98. The molecule has 0 aromatic carbocycles. The van der Waals surface area contributed by atoms with E-state index in [1.807, 2.05) is 0 Å². The van der Waals surface area contributed by atoms with Crippen LogP contribution in [0.5, 0.6) is 0 Å². The molecule has 0 aliphatic heterocycles. The zero-order valence-electron chi connectivity index (χ0n) is 11.0. The normalized spacial score (nSPS) is 32.9. The number of carboxylic acids is 1. The molecule has 1 fully saturated rings. The van der Waals surface area contributed by atoms with E-state index in [1.54, 1.807) is 20.8 Å². The number of nitrogens with two attached hydrogens (primary N) is 1. The van der Waals surface area contributed by atoms with Gasteiger partial charge in [0.1, 0.15) is 11.1 Å². The number of carbonyl (C=O) groups excluding carboxylic acids is 1. The Kier molecular flexibility index (Phi) is 4.02. The summed E-state index contributed by atoms with van der Waals surface area (Å²) in [5.41, 5.74) is 3.61. The first kappa shape index (κ1) is 14.9. The SMILES string of the molecule is CC(C)(C)OC(=O)[C@H]1C[C@@](N)(C(=O)O)CC[C@@H]1O. The van der Waals surface area contributed by atoms with Crippen molar-refractivity contribution in [3.05, 3.63) is 0 Å². The molecule has 18 heavy (non-hydrogen) atoms. The number of esters is 1. The van der Waals surface area contributed by atoms with Crippen LogP contribution in [0, 0.1) is 5.92 Å². The van der Waals surface area contributed by atoms with Crippen LogP contribution < -0.4 is 5.73 Å². The number of hydrogen-bond donors (Lipinski definition) is 3. The van der Waals surface area contributed by atoms with Gasteiger partial charge in [-0.2, -0.15) is 0 Å². The number of aliphatic hydroxyl groups excluding tert-OH is 1. The van der Waals surface area contributed by atoms with E-state index in [1.165, 1.54) is 0 Å². The van der Waals surface area contributed by atoms with Gasteiger partial charge >= 0.3 is 11.9 Å². The lowest BCUT2D eigenvalue weighted by atomic mass is 9.74. The molecule has 0 aromatic rings. The van der Waals surface area contributed by atoms with Crippen molar-refractivity contribution in [2.45, 2.75) is 57.3 Å². The third-order valence-corrected chi connectivity index (χ3v) is 3.07. The number of aliphatic carboxylic acids is 1. The van der Waals surface area contributed by atoms with Crippen LogP contribution in [0.15, 0.2) is 0 Å². The first-order valence-electron chi connectivity index (χ1n) is 5.98. The van der Waals surface area contributed by atoms with E-state index in [0.717, 1.165) is 0 Å². The van der Waals surface area contributed by atoms with Crippen LogP contribution in [0.3, 0.4) is 0 Å². The molecular formula is C12H21NO5. The molecule has 0 saturated heterocycles. The largest absolute Gasteiger partial charge is 0.480 e. The fraction of sp³-hybridized carbons (Fsp3) is 0.833. The van der Waals surface area contributed by atoms with Gasteiger partial charge in [0.2, 0.25) is 0 Å². The van der Waals surface area contributed by atoms with Gasteiger partial charge in [0.05, 0.1) is 12.0 Å². The summed E-state index contributed by atoms with van der Waals surface area (Å²) >= 11 is 0. The number of carboxylic acid groups (broad SMARTS) is 1. The molecule has 6 heteroatoms. The third-order valence-electron chi connectivity index (χ3n) is 3.07. The maximum absolute atomic E-state index is 11.9. The van der Waals surface area contributed by atoms with E-state index in [4.69, 9.17) is 15.6 Å². The quantitative estimate of drug-likeness (QED) is 0.614. The summed E-state index contributed by atoms with van der Waals surface area (Å²) in [5.74, 6) is -2.62. The summed E-state index contributed by atoms with van der Waals surface area (Å²) in [6.45, 7) is 5.15. The summed E-state index contributed by atoms with van der Waals surface area (Å²) in [5, 5.41) is 18.9. The standard InChI is InChI=1S/C12H21NO5/c1-11(2,3)18-9(15)7-6-12(13,10(16)17)5-4-8(7)14/h7-8,14H,4-6,13H2,1-3H3,(H,16,17)/t7-,8-,12+/m0/s1. The van der Waals surface area contributed by atoms with Gasteiger partial charge in [-0.15, -0.1) is 0 Å². The van der Waals surface area contributed by atoms with Crippen molar-refractivity contribution in [2.24, 2.45) is 11.7 Å². The maximum atomic E-state index is 11.9. The zero-order chi connectivity index (χ0) is 14.1. The monoisotopic (exact) mass is 259 g/mol. The minimum absolute atomic E-state index is 0.0988. The molecule has 1 aliphatic carbocycles. The van der Waals surface area contributed by atoms with Crippen LogP contribution in [-0.4, -0.2) is 39.4 Å². The van der Waals surface area contributed by atoms with Gasteiger partial charge in [0.15, 0.2) is 0 Å². The molecule has 1 saturated carbocycles.